The Kier molecular flexibility index (Phi) is 4.69. The molecule has 96 valence electrons. The van der Waals surface area contributed by atoms with Gasteiger partial charge < -0.3 is 10.5 Å². The summed E-state index contributed by atoms with van der Waals surface area (Å²) >= 11 is 3.59. The fourth-order valence-electron chi connectivity index (χ4n) is 1.74. The summed E-state index contributed by atoms with van der Waals surface area (Å²) in [6.45, 7) is 2.79. The summed E-state index contributed by atoms with van der Waals surface area (Å²) in [5, 5.41) is 2.46. The van der Waals surface area contributed by atoms with Crippen LogP contribution >= 0.6 is 23.1 Å². The van der Waals surface area contributed by atoms with E-state index in [1.54, 1.807) is 18.4 Å². The fourth-order valence-corrected chi connectivity index (χ4v) is 3.98. The van der Waals surface area contributed by atoms with Crippen molar-refractivity contribution in [1.82, 2.24) is 0 Å². The minimum absolute atomic E-state index is 0.332. The van der Waals surface area contributed by atoms with Crippen LogP contribution in [0.25, 0.3) is 0 Å². The van der Waals surface area contributed by atoms with Crippen molar-refractivity contribution in [3.63, 3.8) is 0 Å². The minimum atomic E-state index is 0.332. The highest BCUT2D eigenvalue weighted by Crippen LogP contribution is 2.38. The van der Waals surface area contributed by atoms with Crippen molar-refractivity contribution in [2.24, 2.45) is 5.73 Å². The van der Waals surface area contributed by atoms with Gasteiger partial charge >= 0.3 is 0 Å². The number of hydrogen-bond acceptors (Lipinski definition) is 4. The van der Waals surface area contributed by atoms with Gasteiger partial charge in [0.25, 0.3) is 0 Å². The number of aryl methyl sites for hydroxylation is 1. The minimum Gasteiger partial charge on any atom is -0.497 e. The SMILES string of the molecule is COc1ccc(SC(CN)c2sccc2C)cc1. The summed E-state index contributed by atoms with van der Waals surface area (Å²) in [7, 11) is 1.68. The Morgan fingerprint density at radius 1 is 1.28 bits per heavy atom. The molecule has 1 heterocycles. The highest BCUT2D eigenvalue weighted by Gasteiger charge is 2.15. The van der Waals surface area contributed by atoms with Gasteiger partial charge in [-0.1, -0.05) is 0 Å². The first kappa shape index (κ1) is 13.5. The fraction of sp³-hybridized carbons (Fsp3) is 0.286. The van der Waals surface area contributed by atoms with Crippen LogP contribution in [0.1, 0.15) is 15.7 Å². The van der Waals surface area contributed by atoms with Gasteiger partial charge in [0.15, 0.2) is 0 Å². The molecule has 1 unspecified atom stereocenters. The molecule has 0 aliphatic rings. The van der Waals surface area contributed by atoms with Gasteiger partial charge in [-0.15, -0.1) is 23.1 Å². The number of methoxy groups -OCH3 is 1. The molecule has 0 spiro atoms. The largest absolute Gasteiger partial charge is 0.497 e. The Morgan fingerprint density at radius 3 is 2.50 bits per heavy atom. The lowest BCUT2D eigenvalue weighted by atomic mass is 10.2. The first-order chi connectivity index (χ1) is 8.74. The van der Waals surface area contributed by atoms with Crippen molar-refractivity contribution in [3.05, 3.63) is 46.2 Å². The van der Waals surface area contributed by atoms with Crippen LogP contribution in [0, 0.1) is 6.92 Å². The lowest BCUT2D eigenvalue weighted by Crippen LogP contribution is -2.08. The Morgan fingerprint density at radius 2 is 2.00 bits per heavy atom. The molecule has 1 aromatic heterocycles. The van der Waals surface area contributed by atoms with Crippen molar-refractivity contribution in [2.45, 2.75) is 17.1 Å². The lowest BCUT2D eigenvalue weighted by Gasteiger charge is -2.14. The highest BCUT2D eigenvalue weighted by atomic mass is 32.2. The van der Waals surface area contributed by atoms with Crippen LogP contribution in [0.3, 0.4) is 0 Å². The maximum atomic E-state index is 5.90. The van der Waals surface area contributed by atoms with E-state index in [-0.39, 0.29) is 0 Å². The van der Waals surface area contributed by atoms with Crippen molar-refractivity contribution >= 4 is 23.1 Å². The predicted molar refractivity (Wildman–Crippen MR) is 79.7 cm³/mol. The molecule has 4 heteroatoms. The molecule has 2 rings (SSSR count). The summed E-state index contributed by atoms with van der Waals surface area (Å²) in [4.78, 5) is 2.59. The summed E-state index contributed by atoms with van der Waals surface area (Å²) in [6, 6.07) is 10.3. The predicted octanol–water partition coefficient (Wildman–Crippen LogP) is 3.86. The second-order valence-corrected chi connectivity index (χ2v) is 6.21. The highest BCUT2D eigenvalue weighted by molar-refractivity contribution is 7.99. The maximum absolute atomic E-state index is 5.90. The summed E-state index contributed by atoms with van der Waals surface area (Å²) < 4.78 is 5.16. The second kappa shape index (κ2) is 6.27. The van der Waals surface area contributed by atoms with E-state index < -0.39 is 0 Å². The van der Waals surface area contributed by atoms with Crippen LogP contribution in [-0.4, -0.2) is 13.7 Å². The maximum Gasteiger partial charge on any atom is 0.118 e. The van der Waals surface area contributed by atoms with Gasteiger partial charge in [0.2, 0.25) is 0 Å². The monoisotopic (exact) mass is 279 g/mol. The molecular weight excluding hydrogens is 262 g/mol. The molecule has 0 fully saturated rings. The molecule has 1 aromatic carbocycles. The third-order valence-electron chi connectivity index (χ3n) is 2.75. The smallest absolute Gasteiger partial charge is 0.118 e. The van der Waals surface area contributed by atoms with Crippen LogP contribution in [0.5, 0.6) is 5.75 Å². The average Bonchev–Trinajstić information content (AvgIpc) is 2.83. The molecular formula is C14H17NOS2. The zero-order valence-corrected chi connectivity index (χ0v) is 12.2. The van der Waals surface area contributed by atoms with Gasteiger partial charge in [-0.25, -0.2) is 0 Å². The summed E-state index contributed by atoms with van der Waals surface area (Å²) in [6.07, 6.45) is 0. The number of hydrogen-bond donors (Lipinski definition) is 1. The zero-order valence-electron chi connectivity index (χ0n) is 10.6. The van der Waals surface area contributed by atoms with E-state index in [1.165, 1.54) is 15.3 Å². The molecule has 0 amide bonds. The van der Waals surface area contributed by atoms with Crippen LogP contribution in [0.2, 0.25) is 0 Å². The van der Waals surface area contributed by atoms with Crippen molar-refractivity contribution in [2.75, 3.05) is 13.7 Å². The van der Waals surface area contributed by atoms with Gasteiger partial charge in [0.1, 0.15) is 5.75 Å². The second-order valence-electron chi connectivity index (χ2n) is 3.99. The number of thiophene rings is 1. The van der Waals surface area contributed by atoms with E-state index in [9.17, 15) is 0 Å². The van der Waals surface area contributed by atoms with E-state index in [4.69, 9.17) is 10.5 Å². The van der Waals surface area contributed by atoms with Crippen LogP contribution < -0.4 is 10.5 Å². The van der Waals surface area contributed by atoms with E-state index >= 15 is 0 Å². The van der Waals surface area contributed by atoms with E-state index in [1.807, 2.05) is 23.9 Å². The molecule has 18 heavy (non-hydrogen) atoms. The molecule has 2 nitrogen and oxygen atoms in total. The van der Waals surface area contributed by atoms with E-state index in [0.717, 1.165) is 5.75 Å². The van der Waals surface area contributed by atoms with Crippen LogP contribution in [0.4, 0.5) is 0 Å². The normalized spacial score (nSPS) is 12.4. The number of nitrogens with two attached hydrogens (primary N) is 1. The van der Waals surface area contributed by atoms with Gasteiger partial charge in [0.05, 0.1) is 12.4 Å². The van der Waals surface area contributed by atoms with Crippen molar-refractivity contribution < 1.29 is 4.74 Å². The van der Waals surface area contributed by atoms with Gasteiger partial charge in [-0.3, -0.25) is 0 Å². The summed E-state index contributed by atoms with van der Waals surface area (Å²) in [5.74, 6) is 0.885. The molecule has 0 saturated carbocycles. The molecule has 0 radical (unpaired) electrons. The molecule has 2 N–H and O–H groups in total. The topological polar surface area (TPSA) is 35.2 Å². The molecule has 0 aliphatic heterocycles. The zero-order chi connectivity index (χ0) is 13.0. The van der Waals surface area contributed by atoms with Gasteiger partial charge in [-0.2, -0.15) is 0 Å². The van der Waals surface area contributed by atoms with Crippen molar-refractivity contribution in [1.29, 1.82) is 0 Å². The van der Waals surface area contributed by atoms with Gasteiger partial charge in [-0.05, 0) is 48.2 Å². The number of benzene rings is 1. The average molecular weight is 279 g/mol. The van der Waals surface area contributed by atoms with Crippen LogP contribution in [0.15, 0.2) is 40.6 Å². The first-order valence-corrected chi connectivity index (χ1v) is 7.55. The molecule has 2 aromatic rings. The Balaban J connectivity index is 2.13. The van der Waals surface area contributed by atoms with E-state index in [2.05, 4.69) is 30.5 Å². The van der Waals surface area contributed by atoms with Gasteiger partial charge in [0, 0.05) is 16.3 Å². The lowest BCUT2D eigenvalue weighted by molar-refractivity contribution is 0.414. The first-order valence-electron chi connectivity index (χ1n) is 5.79. The number of ether oxygens (including phenoxy) is 1. The number of thioether (sulfide) groups is 1. The Bertz CT molecular complexity index is 493. The molecule has 0 saturated heterocycles. The molecule has 0 bridgehead atoms. The Hall–Kier alpha value is -0.970. The number of rotatable bonds is 5. The third-order valence-corrected chi connectivity index (χ3v) is 5.28. The third kappa shape index (κ3) is 3.07. The quantitative estimate of drug-likeness (QED) is 0.844. The summed E-state index contributed by atoms with van der Waals surface area (Å²) in [5.41, 5.74) is 7.23. The van der Waals surface area contributed by atoms with Crippen molar-refractivity contribution in [3.8, 4) is 5.75 Å². The Labute approximate surface area is 116 Å². The molecule has 1 atom stereocenters. The van der Waals surface area contributed by atoms with E-state index in [0.29, 0.717) is 11.8 Å². The molecule has 0 aliphatic carbocycles. The van der Waals surface area contributed by atoms with Crippen LogP contribution in [-0.2, 0) is 0 Å². The standard InChI is InChI=1S/C14H17NOS2/c1-10-7-8-17-14(10)13(9-15)18-12-5-3-11(16-2)4-6-12/h3-8,13H,9,15H2,1-2H3.